The summed E-state index contributed by atoms with van der Waals surface area (Å²) in [6.45, 7) is 0. The van der Waals surface area contributed by atoms with Gasteiger partial charge in [-0.05, 0) is 58.4 Å². The summed E-state index contributed by atoms with van der Waals surface area (Å²) in [5.41, 5.74) is 4.64. The molecule has 0 aliphatic heterocycles. The van der Waals surface area contributed by atoms with Gasteiger partial charge >= 0.3 is 0 Å². The van der Waals surface area contributed by atoms with Crippen LogP contribution in [0.2, 0.25) is 0 Å². The van der Waals surface area contributed by atoms with Gasteiger partial charge < -0.3 is 14.7 Å². The quantitative estimate of drug-likeness (QED) is 0.137. The Hall–Kier alpha value is -4.62. The standard InChI is InChI=1S/C15H12N4O3S2.C14H9BrN4O2S2/c1-22-9-5-6-10-13(7-9)16-8-14(10)24(20,21)19-12-4-2-3-11-15(12)18-23-17-11;15-9-4-1-3-8-12(7-16-13(8)9)23(20,21)19-11-6-2-5-10-14(11)18-22-17-10/h2-8,16,19H,1H3;1-7,16,19H. The van der Waals surface area contributed by atoms with Crippen molar-refractivity contribution in [2.45, 2.75) is 9.79 Å². The van der Waals surface area contributed by atoms with E-state index in [4.69, 9.17) is 4.74 Å². The summed E-state index contributed by atoms with van der Waals surface area (Å²) in [4.78, 5) is 6.31. The van der Waals surface area contributed by atoms with Gasteiger partial charge in [-0.15, -0.1) is 0 Å². The molecule has 8 rings (SSSR count). The molecule has 18 heteroatoms. The molecule has 0 radical (unpaired) electrons. The number of ether oxygens (including phenoxy) is 1. The number of halogens is 1. The molecule has 0 spiro atoms. The zero-order valence-corrected chi connectivity index (χ0v) is 28.8. The molecule has 0 bridgehead atoms. The maximum Gasteiger partial charge on any atom is 0.264 e. The molecule has 0 fully saturated rings. The number of anilines is 2. The molecule has 0 unspecified atom stereocenters. The van der Waals surface area contributed by atoms with Crippen LogP contribution < -0.4 is 14.2 Å². The number of nitrogens with one attached hydrogen (secondary N) is 4. The summed E-state index contributed by atoms with van der Waals surface area (Å²) in [5, 5.41) is 1.21. The van der Waals surface area contributed by atoms with Crippen molar-refractivity contribution in [3.05, 3.63) is 89.7 Å². The number of sulfonamides is 2. The summed E-state index contributed by atoms with van der Waals surface area (Å²) >= 11 is 5.50. The Morgan fingerprint density at radius 3 is 1.89 bits per heavy atom. The van der Waals surface area contributed by atoms with Crippen molar-refractivity contribution in [3.63, 3.8) is 0 Å². The van der Waals surface area contributed by atoms with E-state index in [0.29, 0.717) is 55.5 Å². The fourth-order valence-electron chi connectivity index (χ4n) is 4.92. The van der Waals surface area contributed by atoms with Crippen molar-refractivity contribution in [2.24, 2.45) is 0 Å². The number of rotatable bonds is 7. The summed E-state index contributed by atoms with van der Waals surface area (Å²) in [5.74, 6) is 0.652. The zero-order valence-electron chi connectivity index (χ0n) is 23.9. The molecule has 0 aliphatic rings. The van der Waals surface area contributed by atoms with Crippen LogP contribution in [0.5, 0.6) is 5.75 Å². The molecular formula is C29H21BrN8O5S4. The minimum atomic E-state index is -3.77. The first-order valence-electron chi connectivity index (χ1n) is 13.5. The van der Waals surface area contributed by atoms with Crippen LogP contribution in [0.15, 0.2) is 99.5 Å². The van der Waals surface area contributed by atoms with E-state index in [1.54, 1.807) is 73.8 Å². The van der Waals surface area contributed by atoms with E-state index in [9.17, 15) is 16.8 Å². The van der Waals surface area contributed by atoms with E-state index < -0.39 is 20.0 Å². The van der Waals surface area contributed by atoms with E-state index in [1.807, 2.05) is 6.07 Å². The van der Waals surface area contributed by atoms with Crippen LogP contribution in [0.25, 0.3) is 43.9 Å². The van der Waals surface area contributed by atoms with Crippen molar-refractivity contribution < 1.29 is 21.6 Å². The molecule has 4 aromatic heterocycles. The topological polar surface area (TPSA) is 185 Å². The van der Waals surface area contributed by atoms with Gasteiger partial charge in [-0.25, -0.2) is 16.8 Å². The van der Waals surface area contributed by atoms with Gasteiger partial charge in [0.05, 0.1) is 53.0 Å². The Labute approximate surface area is 283 Å². The molecule has 0 aliphatic carbocycles. The van der Waals surface area contributed by atoms with E-state index >= 15 is 0 Å². The Kier molecular flexibility index (Phi) is 8.04. The molecule has 4 N–H and O–H groups in total. The third-order valence-corrected chi connectivity index (χ3v) is 11.7. The van der Waals surface area contributed by atoms with Crippen LogP contribution in [-0.4, -0.2) is 51.4 Å². The number of benzene rings is 4. The first-order valence-corrected chi connectivity index (χ1v) is 18.8. The Morgan fingerprint density at radius 2 is 1.28 bits per heavy atom. The van der Waals surface area contributed by atoms with E-state index in [-0.39, 0.29) is 9.79 Å². The summed E-state index contributed by atoms with van der Waals surface area (Å²) in [7, 11) is -5.96. The van der Waals surface area contributed by atoms with Crippen LogP contribution >= 0.6 is 39.4 Å². The zero-order chi connectivity index (χ0) is 32.8. The highest BCUT2D eigenvalue weighted by atomic mass is 79.9. The number of H-pyrrole nitrogens is 2. The predicted octanol–water partition coefficient (Wildman–Crippen LogP) is 6.72. The molecule has 47 heavy (non-hydrogen) atoms. The van der Waals surface area contributed by atoms with Gasteiger partial charge in [0.2, 0.25) is 0 Å². The molecular weight excluding hydrogens is 749 g/mol. The lowest BCUT2D eigenvalue weighted by Gasteiger charge is -2.07. The van der Waals surface area contributed by atoms with Crippen LogP contribution in [0.1, 0.15) is 0 Å². The Morgan fingerprint density at radius 1 is 0.702 bits per heavy atom. The lowest BCUT2D eigenvalue weighted by atomic mass is 10.2. The normalized spacial score (nSPS) is 12.0. The maximum atomic E-state index is 12.8. The van der Waals surface area contributed by atoms with Gasteiger partial charge in [0.1, 0.15) is 37.6 Å². The number of hydrogen-bond donors (Lipinski definition) is 4. The average Bonchev–Trinajstić information content (AvgIpc) is 3.86. The van der Waals surface area contributed by atoms with E-state index in [1.165, 1.54) is 12.4 Å². The minimum absolute atomic E-state index is 0.167. The molecule has 238 valence electrons. The highest BCUT2D eigenvalue weighted by Crippen LogP contribution is 2.32. The number of aromatic amines is 2. The third kappa shape index (κ3) is 5.89. The van der Waals surface area contributed by atoms with Gasteiger partial charge in [0, 0.05) is 33.7 Å². The molecule has 13 nitrogen and oxygen atoms in total. The maximum absolute atomic E-state index is 12.8. The fraction of sp³-hybridized carbons (Fsp3) is 0.0345. The molecule has 0 amide bonds. The van der Waals surface area contributed by atoms with Crippen LogP contribution in [0, 0.1) is 0 Å². The van der Waals surface area contributed by atoms with Gasteiger partial charge in [-0.2, -0.15) is 17.5 Å². The van der Waals surface area contributed by atoms with Crippen LogP contribution in [-0.2, 0) is 20.0 Å². The van der Waals surface area contributed by atoms with Crippen molar-refractivity contribution in [3.8, 4) is 5.75 Å². The van der Waals surface area contributed by atoms with Gasteiger partial charge in [-0.1, -0.05) is 24.3 Å². The van der Waals surface area contributed by atoms with E-state index in [2.05, 4.69) is 52.8 Å². The second kappa shape index (κ2) is 12.2. The number of hydrogen-bond acceptors (Lipinski definition) is 11. The summed E-state index contributed by atoms with van der Waals surface area (Å²) in [6.07, 6.45) is 2.95. The number of para-hydroxylation sites is 1. The molecule has 4 aromatic carbocycles. The lowest BCUT2D eigenvalue weighted by molar-refractivity contribution is 0.415. The Balaban J connectivity index is 0.000000150. The summed E-state index contributed by atoms with van der Waals surface area (Å²) < 4.78 is 78.8. The number of nitrogens with zero attached hydrogens (tertiary/aromatic N) is 4. The second-order valence-electron chi connectivity index (χ2n) is 9.97. The minimum Gasteiger partial charge on any atom is -0.497 e. The van der Waals surface area contributed by atoms with Crippen molar-refractivity contribution >= 4 is 115 Å². The Bertz CT molecular complexity index is 2650. The smallest absolute Gasteiger partial charge is 0.264 e. The van der Waals surface area contributed by atoms with Gasteiger partial charge in [0.25, 0.3) is 20.0 Å². The van der Waals surface area contributed by atoms with Crippen molar-refractivity contribution in [2.75, 3.05) is 16.6 Å². The molecule has 0 saturated heterocycles. The number of methoxy groups -OCH3 is 1. The fourth-order valence-corrected chi connectivity index (χ4v) is 8.98. The predicted molar refractivity (Wildman–Crippen MR) is 187 cm³/mol. The van der Waals surface area contributed by atoms with Crippen LogP contribution in [0.3, 0.4) is 0 Å². The summed E-state index contributed by atoms with van der Waals surface area (Å²) in [6, 6.07) is 21.0. The molecule has 8 aromatic rings. The highest BCUT2D eigenvalue weighted by Gasteiger charge is 2.22. The highest BCUT2D eigenvalue weighted by molar-refractivity contribution is 9.10. The second-order valence-corrected chi connectivity index (χ2v) is 15.2. The van der Waals surface area contributed by atoms with Gasteiger partial charge in [-0.3, -0.25) is 9.44 Å². The van der Waals surface area contributed by atoms with Crippen LogP contribution in [0.4, 0.5) is 11.4 Å². The van der Waals surface area contributed by atoms with E-state index in [0.717, 1.165) is 33.4 Å². The molecule has 0 saturated carbocycles. The monoisotopic (exact) mass is 768 g/mol. The number of aromatic nitrogens is 6. The first kappa shape index (κ1) is 31.0. The third-order valence-electron chi connectivity index (χ3n) is 7.12. The largest absolute Gasteiger partial charge is 0.497 e. The first-order chi connectivity index (χ1) is 22.6. The molecule has 4 heterocycles. The van der Waals surface area contributed by atoms with Crippen molar-refractivity contribution in [1.82, 2.24) is 27.5 Å². The van der Waals surface area contributed by atoms with Gasteiger partial charge in [0.15, 0.2) is 0 Å². The number of fused-ring (bicyclic) bond motifs is 4. The lowest BCUT2D eigenvalue weighted by Crippen LogP contribution is -2.12. The average molecular weight is 770 g/mol. The SMILES string of the molecule is COc1ccc2c(S(=O)(=O)Nc3cccc4nsnc34)c[nH]c2c1.O=S(=O)(Nc1cccc2nsnc12)c1c[nH]c2c(Br)cccc12. The molecule has 0 atom stereocenters. The van der Waals surface area contributed by atoms with Crippen molar-refractivity contribution in [1.29, 1.82) is 0 Å².